The van der Waals surface area contributed by atoms with E-state index in [1.165, 1.54) is 120 Å². The van der Waals surface area contributed by atoms with Gasteiger partial charge in [-0.25, -0.2) is 0 Å². The molecular formula is C22H48NO3PS2. The molecule has 1 atom stereocenters. The molecule has 0 saturated carbocycles. The number of rotatable bonds is 21. The summed E-state index contributed by atoms with van der Waals surface area (Å²) in [5, 5.41) is 0. The lowest BCUT2D eigenvalue weighted by atomic mass is 10.0. The van der Waals surface area contributed by atoms with Crippen molar-refractivity contribution in [3.63, 3.8) is 0 Å². The predicted molar refractivity (Wildman–Crippen MR) is 132 cm³/mol. The molecule has 176 valence electrons. The first kappa shape index (κ1) is 31.9. The molecule has 0 radical (unpaired) electrons. The van der Waals surface area contributed by atoms with Gasteiger partial charge in [-0.15, -0.1) is 0 Å². The fourth-order valence-corrected chi connectivity index (χ4v) is 4.26. The Kier molecular flexibility index (Phi) is 31.6. The summed E-state index contributed by atoms with van der Waals surface area (Å²) in [5.41, 5.74) is 0. The Hall–Kier alpha value is 0.710. The highest BCUT2D eigenvalue weighted by Gasteiger charge is 2.08. The fraction of sp³-hybridized carbons (Fsp3) is 1.00. The summed E-state index contributed by atoms with van der Waals surface area (Å²) in [5.74, 6) is 0. The molecule has 0 aliphatic rings. The number of hydrogen-bond donors (Lipinski definition) is 1. The van der Waals surface area contributed by atoms with Gasteiger partial charge in [0.1, 0.15) is 0 Å². The minimum atomic E-state index is -2.35. The highest BCUT2D eigenvalue weighted by Crippen LogP contribution is 2.16. The van der Waals surface area contributed by atoms with Crippen LogP contribution in [0.2, 0.25) is 0 Å². The largest absolute Gasteiger partial charge is 0.786 e. The second-order valence-corrected chi connectivity index (χ2v) is 9.40. The first-order valence-electron chi connectivity index (χ1n) is 12.0. The van der Waals surface area contributed by atoms with Crippen molar-refractivity contribution in [2.24, 2.45) is 0 Å². The average Bonchev–Trinajstić information content (AvgIpc) is 2.71. The Morgan fingerprint density at radius 1 is 0.759 bits per heavy atom. The highest BCUT2D eigenvalue weighted by atomic mass is 32.8. The van der Waals surface area contributed by atoms with E-state index in [-0.39, 0.29) is 0 Å². The molecule has 7 heteroatoms. The summed E-state index contributed by atoms with van der Waals surface area (Å²) in [6.07, 6.45) is 23.0. The molecule has 0 heterocycles. The predicted octanol–water partition coefficient (Wildman–Crippen LogP) is 6.63. The maximum atomic E-state index is 9.53. The minimum absolute atomic E-state index is 0.297. The quantitative estimate of drug-likeness (QED) is 0.0884. The van der Waals surface area contributed by atoms with Crippen LogP contribution in [-0.2, 0) is 26.2 Å². The lowest BCUT2D eigenvalue weighted by molar-refractivity contribution is -0.198. The Labute approximate surface area is 191 Å². The first-order chi connectivity index (χ1) is 14.1. The normalized spacial score (nSPS) is 11.9. The molecule has 0 bridgehead atoms. The molecule has 0 aromatic heterocycles. The topological polar surface area (TPSA) is 55.8 Å². The molecule has 0 saturated heterocycles. The summed E-state index contributed by atoms with van der Waals surface area (Å²) in [7, 11) is -0.876. The lowest BCUT2D eigenvalue weighted by Gasteiger charge is -2.11. The molecular weight excluding hydrogens is 421 g/mol. The van der Waals surface area contributed by atoms with Crippen molar-refractivity contribution in [2.45, 2.75) is 124 Å². The van der Waals surface area contributed by atoms with Crippen LogP contribution in [0.4, 0.5) is 0 Å². The van der Waals surface area contributed by atoms with Crippen molar-refractivity contribution in [1.82, 2.24) is 4.31 Å². The zero-order valence-corrected chi connectivity index (χ0v) is 21.9. The molecule has 1 unspecified atom stereocenters. The van der Waals surface area contributed by atoms with E-state index in [2.05, 4.69) is 22.7 Å². The van der Waals surface area contributed by atoms with Crippen LogP contribution in [0.1, 0.15) is 124 Å². The third-order valence-electron chi connectivity index (χ3n) is 4.96. The van der Waals surface area contributed by atoms with Gasteiger partial charge in [-0.1, -0.05) is 103 Å². The fourth-order valence-electron chi connectivity index (χ4n) is 3.19. The van der Waals surface area contributed by atoms with Crippen LogP contribution in [-0.4, -0.2) is 28.9 Å². The summed E-state index contributed by atoms with van der Waals surface area (Å²) in [6, 6.07) is 0. The molecule has 0 spiro atoms. The van der Waals surface area contributed by atoms with Gasteiger partial charge in [-0.2, -0.15) is 0 Å². The van der Waals surface area contributed by atoms with Gasteiger partial charge in [0, 0.05) is 6.61 Å². The molecule has 0 aromatic rings. The summed E-state index contributed by atoms with van der Waals surface area (Å²) in [6.45, 7) is 8.68. The maximum Gasteiger partial charge on any atom is 0.395 e. The van der Waals surface area contributed by atoms with Crippen LogP contribution < -0.4 is 4.89 Å². The molecule has 0 aromatic carbocycles. The molecule has 0 amide bonds. The van der Waals surface area contributed by atoms with Gasteiger partial charge in [0.15, 0.2) is 0 Å². The first-order valence-corrected chi connectivity index (χ1v) is 14.8. The Balaban J connectivity index is 0. The van der Waals surface area contributed by atoms with Gasteiger partial charge in [-0.05, 0) is 24.6 Å². The molecule has 0 fully saturated rings. The third kappa shape index (κ3) is 31.0. The van der Waals surface area contributed by atoms with Crippen LogP contribution in [0, 0.1) is 0 Å². The van der Waals surface area contributed by atoms with E-state index >= 15 is 0 Å². The minimum Gasteiger partial charge on any atom is -0.786 e. The van der Waals surface area contributed by atoms with E-state index in [0.717, 1.165) is 6.54 Å². The van der Waals surface area contributed by atoms with Crippen LogP contribution in [0.25, 0.3) is 0 Å². The maximum absolute atomic E-state index is 9.53. The van der Waals surface area contributed by atoms with Crippen molar-refractivity contribution in [3.8, 4) is 0 Å². The number of nitrogens with zero attached hydrogens (tertiary/aromatic N) is 1. The Bertz CT molecular complexity index is 314. The zero-order valence-electron chi connectivity index (χ0n) is 19.4. The van der Waals surface area contributed by atoms with Crippen LogP contribution >= 0.6 is 8.60 Å². The molecule has 0 rings (SSSR count). The van der Waals surface area contributed by atoms with Crippen molar-refractivity contribution >= 4 is 30.3 Å². The van der Waals surface area contributed by atoms with Gasteiger partial charge in [-0.3, -0.25) is 0 Å². The summed E-state index contributed by atoms with van der Waals surface area (Å²) >= 11 is 5.03. The van der Waals surface area contributed by atoms with Gasteiger partial charge < -0.3 is 14.3 Å². The van der Waals surface area contributed by atoms with E-state index < -0.39 is 8.60 Å². The van der Waals surface area contributed by atoms with Crippen molar-refractivity contribution in [1.29, 1.82) is 0 Å². The molecule has 1 N–H and O–H groups in total. The lowest BCUT2D eigenvalue weighted by Crippen LogP contribution is -2.18. The molecule has 4 nitrogen and oxygen atoms in total. The van der Waals surface area contributed by atoms with Crippen LogP contribution in [0.3, 0.4) is 0 Å². The van der Waals surface area contributed by atoms with Crippen molar-refractivity contribution in [3.05, 3.63) is 0 Å². The van der Waals surface area contributed by atoms with Gasteiger partial charge >= 0.3 is 21.7 Å². The second kappa shape index (κ2) is 28.7. The third-order valence-corrected chi connectivity index (χ3v) is 6.72. The Morgan fingerprint density at radius 3 is 1.38 bits per heavy atom. The highest BCUT2D eigenvalue weighted by molar-refractivity contribution is 8.16. The van der Waals surface area contributed by atoms with Gasteiger partial charge in [0.05, 0.1) is 21.7 Å². The standard InChI is InChI=1S/C20H42NS2.C2H6O3P/c1-3-5-6-7-8-9-10-11-12-13-14-15-16-17-18-19-20-21(4-2)23-22;1-2-5-6(3)4/h3-20H2,1-2H3;3H,2H2,1H3/q+1;-1. The van der Waals surface area contributed by atoms with Crippen LogP contribution in [0.5, 0.6) is 0 Å². The summed E-state index contributed by atoms with van der Waals surface area (Å²) in [4.78, 5) is 17.4. The monoisotopic (exact) mass is 469 g/mol. The number of unbranched alkanes of at least 4 members (excludes halogenated alkanes) is 15. The second-order valence-electron chi connectivity index (χ2n) is 7.56. The van der Waals surface area contributed by atoms with Crippen molar-refractivity contribution < 1.29 is 14.3 Å². The smallest absolute Gasteiger partial charge is 0.395 e. The van der Waals surface area contributed by atoms with Gasteiger partial charge in [0.2, 0.25) is 0 Å². The zero-order chi connectivity index (χ0) is 22.0. The van der Waals surface area contributed by atoms with E-state index in [1.807, 2.05) is 0 Å². The van der Waals surface area contributed by atoms with Crippen molar-refractivity contribution in [2.75, 3.05) is 19.7 Å². The molecule has 29 heavy (non-hydrogen) atoms. The van der Waals surface area contributed by atoms with E-state index in [1.54, 1.807) is 6.92 Å². The van der Waals surface area contributed by atoms with Crippen LogP contribution in [0.15, 0.2) is 0 Å². The average molecular weight is 470 g/mol. The van der Waals surface area contributed by atoms with E-state index in [9.17, 15) is 4.89 Å². The summed E-state index contributed by atoms with van der Waals surface area (Å²) < 4.78 is 6.38. The van der Waals surface area contributed by atoms with Gasteiger partial charge in [0.25, 0.3) is 0 Å². The number of hydrogen-bond acceptors (Lipinski definition) is 4. The molecule has 0 aliphatic carbocycles. The SMILES string of the molecule is CCCCCCCCCCCCCCCCCCN(CC)[S+]=S.CCOP([O-])O. The van der Waals surface area contributed by atoms with E-state index in [0.29, 0.717) is 6.61 Å². The Morgan fingerprint density at radius 2 is 1.14 bits per heavy atom. The molecule has 0 aliphatic heterocycles. The van der Waals surface area contributed by atoms with E-state index in [4.69, 9.17) is 16.1 Å².